The van der Waals surface area contributed by atoms with Crippen molar-refractivity contribution in [3.05, 3.63) is 23.2 Å². The van der Waals surface area contributed by atoms with E-state index in [0.717, 1.165) is 17.4 Å². The third-order valence-corrected chi connectivity index (χ3v) is 3.93. The van der Waals surface area contributed by atoms with Crippen molar-refractivity contribution in [3.63, 3.8) is 0 Å². The van der Waals surface area contributed by atoms with E-state index in [9.17, 15) is 3.89 Å². The Morgan fingerprint density at radius 3 is 2.75 bits per heavy atom. The van der Waals surface area contributed by atoms with Gasteiger partial charge in [-0.2, -0.15) is 0 Å². The Kier molecular flexibility index (Phi) is 4.82. The zero-order valence-electron chi connectivity index (χ0n) is 10.9. The fraction of sp³-hybridized carbons (Fsp3) is 0.417. The first-order valence-corrected chi connectivity index (χ1v) is 6.96. The van der Waals surface area contributed by atoms with Gasteiger partial charge in [0.05, 0.1) is 12.5 Å². The molecule has 0 amide bonds. The first-order chi connectivity index (χ1) is 9.63. The van der Waals surface area contributed by atoms with Crippen LogP contribution >= 0.6 is 23.9 Å². The van der Waals surface area contributed by atoms with E-state index in [1.54, 1.807) is 6.20 Å². The van der Waals surface area contributed by atoms with Crippen LogP contribution in [0.4, 0.5) is 3.89 Å². The molecular formula is C12H13ClFN3O2S. The Hall–Kier alpha value is -1.34. The molecule has 1 aliphatic carbocycles. The lowest BCUT2D eigenvalue weighted by molar-refractivity contribution is -0.126. The molecule has 108 valence electrons. The third-order valence-electron chi connectivity index (χ3n) is 3.21. The standard InChI is InChI=1S/C10H9ClFN3S.C2H4O2/c1-5-2-6(5)7-3-15(16-12)10-8(7)9(11)13-4-14-10;1-4-2-3/h3-6H,2H2,1H3;2H,1H3. The molecule has 8 heteroatoms. The molecule has 2 unspecified atom stereocenters. The number of ether oxygens (including phenoxy) is 1. The molecule has 0 aliphatic heterocycles. The van der Waals surface area contributed by atoms with Crippen LogP contribution in [0.5, 0.6) is 0 Å². The Morgan fingerprint density at radius 2 is 2.25 bits per heavy atom. The fourth-order valence-corrected chi connectivity index (χ4v) is 2.71. The molecule has 0 N–H and O–H groups in total. The number of aromatic nitrogens is 3. The molecule has 3 rings (SSSR count). The van der Waals surface area contributed by atoms with Crippen LogP contribution < -0.4 is 0 Å². The summed E-state index contributed by atoms with van der Waals surface area (Å²) in [5.74, 6) is 1.11. The molecule has 2 aromatic heterocycles. The predicted molar refractivity (Wildman–Crippen MR) is 76.2 cm³/mol. The van der Waals surface area contributed by atoms with Crippen molar-refractivity contribution in [2.75, 3.05) is 7.11 Å². The SMILES string of the molecule is CC1CC1c1cn(SF)c2ncnc(Cl)c12.COC=O. The summed E-state index contributed by atoms with van der Waals surface area (Å²) in [4.78, 5) is 17.0. The van der Waals surface area contributed by atoms with Gasteiger partial charge in [-0.15, -0.1) is 3.89 Å². The highest BCUT2D eigenvalue weighted by molar-refractivity contribution is 7.92. The molecule has 2 aromatic rings. The number of nitrogens with zero attached hydrogens (tertiary/aromatic N) is 3. The number of methoxy groups -OCH3 is 1. The summed E-state index contributed by atoms with van der Waals surface area (Å²) in [6, 6.07) is 0. The van der Waals surface area contributed by atoms with Gasteiger partial charge in [0.25, 0.3) is 6.47 Å². The zero-order valence-corrected chi connectivity index (χ0v) is 12.5. The van der Waals surface area contributed by atoms with E-state index in [0.29, 0.717) is 29.1 Å². The number of carbonyl (C=O) groups excluding carboxylic acids is 1. The second kappa shape index (κ2) is 6.41. The van der Waals surface area contributed by atoms with Crippen LogP contribution in [0.25, 0.3) is 11.0 Å². The van der Waals surface area contributed by atoms with E-state index >= 15 is 0 Å². The summed E-state index contributed by atoms with van der Waals surface area (Å²) < 4.78 is 18.0. The summed E-state index contributed by atoms with van der Waals surface area (Å²) in [6.07, 6.45) is 4.27. The van der Waals surface area contributed by atoms with Gasteiger partial charge >= 0.3 is 0 Å². The minimum absolute atomic E-state index is 0.142. The van der Waals surface area contributed by atoms with Gasteiger partial charge in [0, 0.05) is 6.20 Å². The van der Waals surface area contributed by atoms with Gasteiger partial charge < -0.3 is 4.74 Å². The first-order valence-electron chi connectivity index (χ1n) is 5.91. The van der Waals surface area contributed by atoms with Crippen LogP contribution in [-0.2, 0) is 9.53 Å². The van der Waals surface area contributed by atoms with Crippen LogP contribution in [0.2, 0.25) is 5.15 Å². The van der Waals surface area contributed by atoms with E-state index in [2.05, 4.69) is 21.6 Å². The van der Waals surface area contributed by atoms with Gasteiger partial charge in [-0.1, -0.05) is 18.5 Å². The third kappa shape index (κ3) is 2.88. The number of hydrogen-bond acceptors (Lipinski definition) is 5. The van der Waals surface area contributed by atoms with E-state index in [1.165, 1.54) is 17.4 Å². The Morgan fingerprint density at radius 1 is 1.60 bits per heavy atom. The smallest absolute Gasteiger partial charge is 0.292 e. The molecule has 0 aromatic carbocycles. The summed E-state index contributed by atoms with van der Waals surface area (Å²) in [7, 11) is 1.31. The van der Waals surface area contributed by atoms with Crippen molar-refractivity contribution >= 4 is 41.4 Å². The van der Waals surface area contributed by atoms with Crippen LogP contribution in [0, 0.1) is 5.92 Å². The number of carbonyl (C=O) groups is 1. The summed E-state index contributed by atoms with van der Waals surface area (Å²) in [5.41, 5.74) is 1.62. The highest BCUT2D eigenvalue weighted by Gasteiger charge is 2.37. The van der Waals surface area contributed by atoms with E-state index in [-0.39, 0.29) is 12.3 Å². The average Bonchev–Trinajstić information content (AvgIpc) is 3.06. The molecule has 1 fully saturated rings. The lowest BCUT2D eigenvalue weighted by atomic mass is 10.1. The van der Waals surface area contributed by atoms with Gasteiger partial charge in [0.15, 0.2) is 18.0 Å². The molecule has 1 saturated carbocycles. The van der Waals surface area contributed by atoms with Crippen molar-refractivity contribution in [1.82, 2.24) is 13.9 Å². The highest BCUT2D eigenvalue weighted by Crippen LogP contribution is 2.50. The van der Waals surface area contributed by atoms with Gasteiger partial charge in [0.1, 0.15) is 11.5 Å². The summed E-state index contributed by atoms with van der Waals surface area (Å²) >= 11 is 6.20. The molecule has 1 aliphatic rings. The van der Waals surface area contributed by atoms with Crippen LogP contribution in [-0.4, -0.2) is 27.5 Å². The minimum Gasteiger partial charge on any atom is -0.471 e. The molecule has 0 bridgehead atoms. The van der Waals surface area contributed by atoms with E-state index < -0.39 is 0 Å². The normalized spacial score (nSPS) is 20.2. The van der Waals surface area contributed by atoms with Crippen molar-refractivity contribution in [2.24, 2.45) is 5.92 Å². The molecule has 0 radical (unpaired) electrons. The van der Waals surface area contributed by atoms with Gasteiger partial charge in [0.2, 0.25) is 0 Å². The van der Waals surface area contributed by atoms with Crippen molar-refractivity contribution in [1.29, 1.82) is 0 Å². The Balaban J connectivity index is 0.000000328. The molecule has 0 saturated heterocycles. The van der Waals surface area contributed by atoms with E-state index in [1.807, 2.05) is 0 Å². The van der Waals surface area contributed by atoms with Crippen LogP contribution in [0.1, 0.15) is 24.8 Å². The van der Waals surface area contributed by atoms with Crippen LogP contribution in [0.3, 0.4) is 0 Å². The molecule has 0 spiro atoms. The number of hydrogen-bond donors (Lipinski definition) is 0. The lowest BCUT2D eigenvalue weighted by Crippen LogP contribution is -1.86. The quantitative estimate of drug-likeness (QED) is 0.641. The van der Waals surface area contributed by atoms with Crippen molar-refractivity contribution < 1.29 is 13.4 Å². The fourth-order valence-electron chi connectivity index (χ4n) is 2.11. The highest BCUT2D eigenvalue weighted by atomic mass is 35.5. The second-order valence-electron chi connectivity index (χ2n) is 4.49. The number of fused-ring (bicyclic) bond motifs is 1. The Labute approximate surface area is 124 Å². The maximum absolute atomic E-state index is 12.8. The topological polar surface area (TPSA) is 57.0 Å². The van der Waals surface area contributed by atoms with E-state index in [4.69, 9.17) is 16.4 Å². The average molecular weight is 318 g/mol. The summed E-state index contributed by atoms with van der Waals surface area (Å²) in [5, 5.41) is 1.20. The molecule has 2 heterocycles. The molecule has 5 nitrogen and oxygen atoms in total. The molecule has 20 heavy (non-hydrogen) atoms. The van der Waals surface area contributed by atoms with Gasteiger partial charge in [-0.25, -0.2) is 13.9 Å². The van der Waals surface area contributed by atoms with Crippen molar-refractivity contribution in [3.8, 4) is 0 Å². The zero-order chi connectivity index (χ0) is 14.7. The lowest BCUT2D eigenvalue weighted by Gasteiger charge is -1.96. The maximum atomic E-state index is 12.8. The Bertz CT molecular complexity index is 622. The minimum atomic E-state index is 0.142. The summed E-state index contributed by atoms with van der Waals surface area (Å²) in [6.45, 7) is 2.55. The predicted octanol–water partition coefficient (Wildman–Crippen LogP) is 3.38. The monoisotopic (exact) mass is 317 g/mol. The van der Waals surface area contributed by atoms with Gasteiger partial charge in [-0.3, -0.25) is 4.79 Å². The molecular weight excluding hydrogens is 305 g/mol. The molecule has 2 atom stereocenters. The first kappa shape index (κ1) is 15.1. The van der Waals surface area contributed by atoms with Crippen molar-refractivity contribution in [2.45, 2.75) is 19.3 Å². The second-order valence-corrected chi connectivity index (χ2v) is 5.38. The van der Waals surface area contributed by atoms with Gasteiger partial charge in [-0.05, 0) is 23.8 Å². The van der Waals surface area contributed by atoms with Crippen LogP contribution in [0.15, 0.2) is 12.5 Å². The maximum Gasteiger partial charge on any atom is 0.292 e. The number of halogens is 2. The number of rotatable bonds is 3. The largest absolute Gasteiger partial charge is 0.471 e.